The lowest BCUT2D eigenvalue weighted by Gasteiger charge is -2.07. The van der Waals surface area contributed by atoms with E-state index in [1.807, 2.05) is 37.3 Å². The molecule has 1 aromatic carbocycles. The van der Waals surface area contributed by atoms with E-state index >= 15 is 0 Å². The number of rotatable bonds is 5. The van der Waals surface area contributed by atoms with Crippen LogP contribution in [0, 0.1) is 6.92 Å². The van der Waals surface area contributed by atoms with E-state index in [0.717, 1.165) is 10.0 Å². The number of aryl methyl sites for hydroxylation is 1. The van der Waals surface area contributed by atoms with Crippen molar-refractivity contribution in [3.05, 3.63) is 58.3 Å². The fraction of sp³-hybridized carbons (Fsp3) is 0.133. The molecule has 1 N–H and O–H groups in total. The van der Waals surface area contributed by atoms with Crippen LogP contribution in [0.3, 0.4) is 0 Å². The number of aromatic nitrogens is 1. The number of nitrogens with one attached hydrogen (secondary N) is 1. The molecule has 2 aromatic rings. The molecule has 5 nitrogen and oxygen atoms in total. The predicted octanol–water partition coefficient (Wildman–Crippen LogP) is 2.68. The summed E-state index contributed by atoms with van der Waals surface area (Å²) in [5, 5.41) is 3.81. The first-order chi connectivity index (χ1) is 10.1. The summed E-state index contributed by atoms with van der Waals surface area (Å²) in [6, 6.07) is 11.1. The monoisotopic (exact) mass is 347 g/mol. The Balaban J connectivity index is 1.81. The van der Waals surface area contributed by atoms with Crippen LogP contribution in [0.15, 0.2) is 52.2 Å². The lowest BCUT2D eigenvalue weighted by Crippen LogP contribution is -2.24. The SMILES string of the molecule is Cc1ccc(OCC(=O)N/N=C\c2ccccn2)c(Br)c1. The Labute approximate surface area is 131 Å². The van der Waals surface area contributed by atoms with Crippen molar-refractivity contribution in [1.82, 2.24) is 10.4 Å². The Morgan fingerprint density at radius 1 is 1.43 bits per heavy atom. The molecule has 0 bridgehead atoms. The minimum atomic E-state index is -0.338. The average molecular weight is 348 g/mol. The smallest absolute Gasteiger partial charge is 0.277 e. The number of carbonyl (C=O) groups is 1. The van der Waals surface area contributed by atoms with Gasteiger partial charge in [0.05, 0.1) is 16.4 Å². The van der Waals surface area contributed by atoms with Crippen LogP contribution < -0.4 is 10.2 Å². The quantitative estimate of drug-likeness (QED) is 0.668. The fourth-order valence-corrected chi connectivity index (χ4v) is 2.13. The molecule has 6 heteroatoms. The second-order valence-corrected chi connectivity index (χ2v) is 5.12. The number of hydrogen-bond donors (Lipinski definition) is 1. The highest BCUT2D eigenvalue weighted by Gasteiger charge is 2.04. The number of benzene rings is 1. The van der Waals surface area contributed by atoms with Crippen molar-refractivity contribution in [2.45, 2.75) is 6.92 Å². The fourth-order valence-electron chi connectivity index (χ4n) is 1.52. The minimum Gasteiger partial charge on any atom is -0.483 e. The van der Waals surface area contributed by atoms with E-state index < -0.39 is 0 Å². The van der Waals surface area contributed by atoms with Crippen molar-refractivity contribution in [2.75, 3.05) is 6.61 Å². The van der Waals surface area contributed by atoms with Crippen molar-refractivity contribution in [1.29, 1.82) is 0 Å². The van der Waals surface area contributed by atoms with Gasteiger partial charge in [-0.25, -0.2) is 5.43 Å². The molecular formula is C15H14BrN3O2. The van der Waals surface area contributed by atoms with Crippen LogP contribution in [0.5, 0.6) is 5.75 Å². The van der Waals surface area contributed by atoms with E-state index in [9.17, 15) is 4.79 Å². The molecule has 1 aromatic heterocycles. The highest BCUT2D eigenvalue weighted by atomic mass is 79.9. The second kappa shape index (κ2) is 7.54. The van der Waals surface area contributed by atoms with Gasteiger partial charge in [-0.3, -0.25) is 9.78 Å². The van der Waals surface area contributed by atoms with E-state index in [4.69, 9.17) is 4.74 Å². The first kappa shape index (κ1) is 15.2. The second-order valence-electron chi connectivity index (χ2n) is 4.27. The standard InChI is InChI=1S/C15H14BrN3O2/c1-11-5-6-14(13(16)8-11)21-10-15(20)19-18-9-12-4-2-3-7-17-12/h2-9H,10H2,1H3,(H,19,20)/b18-9-. The molecule has 0 aliphatic rings. The number of amides is 1. The molecule has 108 valence electrons. The van der Waals surface area contributed by atoms with Gasteiger partial charge in [0, 0.05) is 6.20 Å². The Morgan fingerprint density at radius 3 is 3.00 bits per heavy atom. The summed E-state index contributed by atoms with van der Waals surface area (Å²) in [6.45, 7) is 1.87. The van der Waals surface area contributed by atoms with E-state index in [1.165, 1.54) is 6.21 Å². The molecule has 1 amide bonds. The number of hydrogen-bond acceptors (Lipinski definition) is 4. The molecular weight excluding hydrogens is 334 g/mol. The lowest BCUT2D eigenvalue weighted by molar-refractivity contribution is -0.123. The Hall–Kier alpha value is -2.21. The average Bonchev–Trinajstić information content (AvgIpc) is 2.47. The van der Waals surface area contributed by atoms with Crippen molar-refractivity contribution in [3.8, 4) is 5.75 Å². The molecule has 0 radical (unpaired) electrons. The summed E-state index contributed by atoms with van der Waals surface area (Å²) in [4.78, 5) is 15.7. The maximum Gasteiger partial charge on any atom is 0.277 e. The van der Waals surface area contributed by atoms with Crippen LogP contribution in [0.2, 0.25) is 0 Å². The van der Waals surface area contributed by atoms with Gasteiger partial charge in [0.2, 0.25) is 0 Å². The van der Waals surface area contributed by atoms with E-state index in [0.29, 0.717) is 11.4 Å². The molecule has 0 spiro atoms. The van der Waals surface area contributed by atoms with E-state index in [1.54, 1.807) is 12.3 Å². The third kappa shape index (κ3) is 5.00. The summed E-state index contributed by atoms with van der Waals surface area (Å²) in [5.74, 6) is 0.277. The summed E-state index contributed by atoms with van der Waals surface area (Å²) >= 11 is 3.39. The Bertz CT molecular complexity index is 645. The Morgan fingerprint density at radius 2 is 2.29 bits per heavy atom. The topological polar surface area (TPSA) is 63.6 Å². The molecule has 0 fully saturated rings. The van der Waals surface area contributed by atoms with E-state index in [-0.39, 0.29) is 12.5 Å². The van der Waals surface area contributed by atoms with Crippen LogP contribution in [0.4, 0.5) is 0 Å². The molecule has 0 saturated heterocycles. The van der Waals surface area contributed by atoms with Crippen LogP contribution in [0.1, 0.15) is 11.3 Å². The third-order valence-corrected chi connectivity index (χ3v) is 3.14. The lowest BCUT2D eigenvalue weighted by atomic mass is 10.2. The van der Waals surface area contributed by atoms with Crippen LogP contribution >= 0.6 is 15.9 Å². The van der Waals surface area contributed by atoms with Crippen molar-refractivity contribution in [2.24, 2.45) is 5.10 Å². The number of halogens is 1. The normalized spacial score (nSPS) is 10.6. The van der Waals surface area contributed by atoms with Gasteiger partial charge in [0.1, 0.15) is 5.75 Å². The van der Waals surface area contributed by atoms with Crippen molar-refractivity contribution < 1.29 is 9.53 Å². The minimum absolute atomic E-state index is 0.110. The maximum absolute atomic E-state index is 11.6. The van der Waals surface area contributed by atoms with Gasteiger partial charge in [-0.2, -0.15) is 5.10 Å². The first-order valence-electron chi connectivity index (χ1n) is 6.27. The van der Waals surface area contributed by atoms with Crippen LogP contribution in [-0.2, 0) is 4.79 Å². The van der Waals surface area contributed by atoms with Gasteiger partial charge in [-0.05, 0) is 52.7 Å². The van der Waals surface area contributed by atoms with Crippen LogP contribution in [0.25, 0.3) is 0 Å². The largest absolute Gasteiger partial charge is 0.483 e. The molecule has 0 unspecified atom stereocenters. The molecule has 21 heavy (non-hydrogen) atoms. The first-order valence-corrected chi connectivity index (χ1v) is 7.06. The van der Waals surface area contributed by atoms with Gasteiger partial charge >= 0.3 is 0 Å². The number of hydrazone groups is 1. The summed E-state index contributed by atoms with van der Waals surface area (Å²) < 4.78 is 6.22. The number of carbonyl (C=O) groups excluding carboxylic acids is 1. The zero-order valence-corrected chi connectivity index (χ0v) is 13.0. The van der Waals surface area contributed by atoms with Crippen molar-refractivity contribution in [3.63, 3.8) is 0 Å². The third-order valence-electron chi connectivity index (χ3n) is 2.52. The summed E-state index contributed by atoms with van der Waals surface area (Å²) in [7, 11) is 0. The highest BCUT2D eigenvalue weighted by Crippen LogP contribution is 2.25. The molecule has 2 rings (SSSR count). The van der Waals surface area contributed by atoms with Crippen molar-refractivity contribution >= 4 is 28.1 Å². The van der Waals surface area contributed by atoms with E-state index in [2.05, 4.69) is 31.4 Å². The number of pyridine rings is 1. The predicted molar refractivity (Wildman–Crippen MR) is 84.3 cm³/mol. The molecule has 0 aliphatic carbocycles. The Kier molecular flexibility index (Phi) is 5.45. The number of nitrogens with zero attached hydrogens (tertiary/aromatic N) is 2. The molecule has 0 saturated carbocycles. The van der Waals surface area contributed by atoms with Gasteiger partial charge < -0.3 is 4.74 Å². The highest BCUT2D eigenvalue weighted by molar-refractivity contribution is 9.10. The summed E-state index contributed by atoms with van der Waals surface area (Å²) in [5.41, 5.74) is 4.16. The zero-order valence-electron chi connectivity index (χ0n) is 11.4. The van der Waals surface area contributed by atoms with Crippen LogP contribution in [-0.4, -0.2) is 23.7 Å². The zero-order chi connectivity index (χ0) is 15.1. The molecule has 0 aliphatic heterocycles. The molecule has 1 heterocycles. The van der Waals surface area contributed by atoms with Gasteiger partial charge in [-0.15, -0.1) is 0 Å². The molecule has 0 atom stereocenters. The maximum atomic E-state index is 11.6. The summed E-state index contributed by atoms with van der Waals surface area (Å²) in [6.07, 6.45) is 3.13. The van der Waals surface area contributed by atoms with Gasteiger partial charge in [-0.1, -0.05) is 12.1 Å². The van der Waals surface area contributed by atoms with Gasteiger partial charge in [0.25, 0.3) is 5.91 Å². The van der Waals surface area contributed by atoms with Gasteiger partial charge in [0.15, 0.2) is 6.61 Å². The number of ether oxygens (including phenoxy) is 1.